The number of ketones is 1. The smallest absolute Gasteiger partial charge is 0.330 e. The fraction of sp³-hybridized carbons (Fsp3) is 0.545. The molecular weight excluding hydrogens is 372 g/mol. The number of carbonyl (C=O) groups is 2. The van der Waals surface area contributed by atoms with Gasteiger partial charge in [-0.2, -0.15) is 0 Å². The topological polar surface area (TPSA) is 72.8 Å². The molecule has 5 nitrogen and oxygen atoms in total. The maximum absolute atomic E-state index is 13.3. The molecule has 0 amide bonds. The number of aliphatic hydroxyl groups excluding tert-OH is 1. The van der Waals surface area contributed by atoms with Crippen molar-refractivity contribution in [2.24, 2.45) is 5.92 Å². The van der Waals surface area contributed by atoms with Gasteiger partial charge in [0.05, 0.1) is 13.2 Å². The molecule has 0 aliphatic heterocycles. The summed E-state index contributed by atoms with van der Waals surface area (Å²) in [6, 6.07) is 9.42. The van der Waals surface area contributed by atoms with E-state index >= 15 is 0 Å². The van der Waals surface area contributed by atoms with Crippen LogP contribution in [0, 0.1) is 5.92 Å². The molecule has 0 aromatic heterocycles. The quantitative estimate of drug-likeness (QED) is 0.373. The van der Waals surface area contributed by atoms with E-state index in [1.165, 1.54) is 19.3 Å². The van der Waals surface area contributed by atoms with E-state index in [4.69, 9.17) is 4.43 Å². The largest absolute Gasteiger partial charge is 0.466 e. The van der Waals surface area contributed by atoms with Crippen LogP contribution in [0.3, 0.4) is 0 Å². The number of hydrogen-bond donors (Lipinski definition) is 1. The lowest BCUT2D eigenvalue weighted by Crippen LogP contribution is -2.44. The zero-order valence-electron chi connectivity index (χ0n) is 18.1. The summed E-state index contributed by atoms with van der Waals surface area (Å²) in [5, 5.41) is 10.4. The predicted molar refractivity (Wildman–Crippen MR) is 113 cm³/mol. The second kappa shape index (κ2) is 10.1. The fourth-order valence-electron chi connectivity index (χ4n) is 2.39. The van der Waals surface area contributed by atoms with Crippen LogP contribution in [-0.4, -0.2) is 38.4 Å². The number of Topliss-reactive ketones (excluding diaryl/α,β-unsaturated/α-hetero) is 1. The van der Waals surface area contributed by atoms with E-state index in [0.29, 0.717) is 0 Å². The van der Waals surface area contributed by atoms with Crippen LogP contribution in [0.1, 0.15) is 45.8 Å². The average molecular weight is 407 g/mol. The molecule has 0 aliphatic rings. The SMILES string of the molecule is COC(=O)/C=C/C[C@@H](O)[C@H](C)C(=O)[C@H](O[Si](C)(C)C(C)(C)C)c1ccccc1. The molecule has 1 rings (SSSR count). The van der Waals surface area contributed by atoms with Crippen LogP contribution in [0.25, 0.3) is 0 Å². The van der Waals surface area contributed by atoms with Crippen molar-refractivity contribution in [1.29, 1.82) is 0 Å². The first-order valence-corrected chi connectivity index (χ1v) is 12.5. The summed E-state index contributed by atoms with van der Waals surface area (Å²) in [6.45, 7) is 12.3. The van der Waals surface area contributed by atoms with Crippen LogP contribution in [0.4, 0.5) is 0 Å². The molecule has 0 aliphatic carbocycles. The summed E-state index contributed by atoms with van der Waals surface area (Å²) in [4.78, 5) is 24.4. The van der Waals surface area contributed by atoms with Gasteiger partial charge in [0, 0.05) is 12.0 Å². The molecule has 0 heterocycles. The molecule has 3 atom stereocenters. The Kier molecular flexibility index (Phi) is 8.79. The zero-order valence-corrected chi connectivity index (χ0v) is 19.1. The molecule has 0 saturated carbocycles. The zero-order chi connectivity index (χ0) is 21.5. The maximum atomic E-state index is 13.3. The van der Waals surface area contributed by atoms with Crippen molar-refractivity contribution >= 4 is 20.1 Å². The van der Waals surface area contributed by atoms with E-state index in [1.807, 2.05) is 30.3 Å². The summed E-state index contributed by atoms with van der Waals surface area (Å²) in [7, 11) is -0.927. The lowest BCUT2D eigenvalue weighted by Gasteiger charge is -2.39. The molecule has 0 spiro atoms. The summed E-state index contributed by atoms with van der Waals surface area (Å²) in [5.41, 5.74) is 0.793. The minimum atomic E-state index is -2.22. The molecule has 1 aromatic rings. The standard InChI is InChI=1S/C22H34O5Si/c1-16(18(23)14-11-15-19(24)26-5)20(25)21(17-12-9-8-10-13-17)27-28(6,7)22(2,3)4/h8-13,15-16,18,21,23H,14H2,1-7H3/b15-11+/t16-,18+,21+/m0/s1. The van der Waals surface area contributed by atoms with E-state index in [1.54, 1.807) is 6.92 Å². The van der Waals surface area contributed by atoms with Gasteiger partial charge in [0.1, 0.15) is 6.10 Å². The van der Waals surface area contributed by atoms with Crippen molar-refractivity contribution in [3.8, 4) is 0 Å². The van der Waals surface area contributed by atoms with Gasteiger partial charge in [-0.15, -0.1) is 0 Å². The minimum absolute atomic E-state index is 0.0502. The number of aliphatic hydroxyl groups is 1. The summed E-state index contributed by atoms with van der Waals surface area (Å²) in [5.74, 6) is -1.29. The Morgan fingerprint density at radius 3 is 2.25 bits per heavy atom. The van der Waals surface area contributed by atoms with Crippen LogP contribution >= 0.6 is 0 Å². The number of methoxy groups -OCH3 is 1. The number of hydrogen-bond acceptors (Lipinski definition) is 5. The van der Waals surface area contributed by atoms with Gasteiger partial charge in [-0.3, -0.25) is 4.79 Å². The molecule has 0 fully saturated rings. The van der Waals surface area contributed by atoms with Crippen molar-refractivity contribution in [2.75, 3.05) is 7.11 Å². The maximum Gasteiger partial charge on any atom is 0.330 e. The van der Waals surface area contributed by atoms with Crippen LogP contribution in [0.2, 0.25) is 18.1 Å². The first kappa shape index (κ1) is 24.3. The van der Waals surface area contributed by atoms with Gasteiger partial charge in [-0.25, -0.2) is 4.79 Å². The molecule has 0 unspecified atom stereocenters. The third kappa shape index (κ3) is 6.69. The minimum Gasteiger partial charge on any atom is -0.466 e. The molecule has 1 aromatic carbocycles. The lowest BCUT2D eigenvalue weighted by molar-refractivity contribution is -0.135. The molecule has 0 saturated heterocycles. The predicted octanol–water partition coefficient (Wildman–Crippen LogP) is 4.43. The Morgan fingerprint density at radius 2 is 1.75 bits per heavy atom. The van der Waals surface area contributed by atoms with Crippen LogP contribution in [0.5, 0.6) is 0 Å². The Labute approximate surface area is 169 Å². The normalized spacial score (nSPS) is 15.9. The molecule has 6 heteroatoms. The Bertz CT molecular complexity index is 676. The van der Waals surface area contributed by atoms with Crippen LogP contribution in [0.15, 0.2) is 42.5 Å². The van der Waals surface area contributed by atoms with Crippen LogP contribution in [-0.2, 0) is 18.8 Å². The van der Waals surface area contributed by atoms with Crippen molar-refractivity contribution in [3.05, 3.63) is 48.0 Å². The van der Waals surface area contributed by atoms with E-state index in [-0.39, 0.29) is 17.2 Å². The number of benzene rings is 1. The highest BCUT2D eigenvalue weighted by Crippen LogP contribution is 2.40. The van der Waals surface area contributed by atoms with Crippen molar-refractivity contribution in [2.45, 2.75) is 64.5 Å². The highest BCUT2D eigenvalue weighted by Gasteiger charge is 2.42. The molecule has 0 bridgehead atoms. The van der Waals surface area contributed by atoms with Crippen molar-refractivity contribution < 1.29 is 23.9 Å². The molecule has 1 N–H and O–H groups in total. The second-order valence-corrected chi connectivity index (χ2v) is 13.3. The number of esters is 1. The molecule has 0 radical (unpaired) electrons. The Hall–Kier alpha value is -1.76. The molecule has 28 heavy (non-hydrogen) atoms. The highest BCUT2D eigenvalue weighted by molar-refractivity contribution is 6.74. The van der Waals surface area contributed by atoms with Gasteiger partial charge in [0.25, 0.3) is 0 Å². The van der Waals surface area contributed by atoms with Gasteiger partial charge in [-0.05, 0) is 30.1 Å². The summed E-state index contributed by atoms with van der Waals surface area (Å²) >= 11 is 0. The molecule has 156 valence electrons. The first-order valence-electron chi connectivity index (χ1n) is 9.59. The monoisotopic (exact) mass is 406 g/mol. The van der Waals surface area contributed by atoms with Gasteiger partial charge >= 0.3 is 5.97 Å². The van der Waals surface area contributed by atoms with Crippen LogP contribution < -0.4 is 0 Å². The fourth-order valence-corrected chi connectivity index (χ4v) is 3.59. The van der Waals surface area contributed by atoms with Gasteiger partial charge in [-0.1, -0.05) is 64.1 Å². The Morgan fingerprint density at radius 1 is 1.18 bits per heavy atom. The third-order valence-corrected chi connectivity index (χ3v) is 9.88. The lowest BCUT2D eigenvalue weighted by atomic mass is 9.91. The first-order chi connectivity index (χ1) is 12.9. The number of rotatable bonds is 9. The third-order valence-electron chi connectivity index (χ3n) is 5.44. The number of carbonyl (C=O) groups excluding carboxylic acids is 2. The van der Waals surface area contributed by atoms with Gasteiger partial charge < -0.3 is 14.3 Å². The van der Waals surface area contributed by atoms with E-state index in [9.17, 15) is 14.7 Å². The Balaban J connectivity index is 3.05. The van der Waals surface area contributed by atoms with Gasteiger partial charge in [0.2, 0.25) is 0 Å². The van der Waals surface area contributed by atoms with E-state index in [2.05, 4.69) is 38.6 Å². The highest BCUT2D eigenvalue weighted by atomic mass is 28.4. The van der Waals surface area contributed by atoms with Gasteiger partial charge in [0.15, 0.2) is 14.1 Å². The summed E-state index contributed by atoms with van der Waals surface area (Å²) < 4.78 is 11.0. The van der Waals surface area contributed by atoms with E-state index < -0.39 is 32.4 Å². The van der Waals surface area contributed by atoms with Crippen molar-refractivity contribution in [3.63, 3.8) is 0 Å². The molecular formula is C22H34O5Si. The second-order valence-electron chi connectivity index (χ2n) is 8.59. The van der Waals surface area contributed by atoms with Crippen molar-refractivity contribution in [1.82, 2.24) is 0 Å². The van der Waals surface area contributed by atoms with E-state index in [0.717, 1.165) is 5.56 Å². The number of ether oxygens (including phenoxy) is 1. The summed E-state index contributed by atoms with van der Waals surface area (Å²) in [6.07, 6.45) is 1.32. The average Bonchev–Trinajstić information content (AvgIpc) is 2.64.